The third kappa shape index (κ3) is 3.52. The van der Waals surface area contributed by atoms with Crippen LogP contribution in [0, 0.1) is 0 Å². The average Bonchev–Trinajstić information content (AvgIpc) is 2.90. The molecule has 2 heterocycles. The zero-order chi connectivity index (χ0) is 13.7. The molecule has 0 spiro atoms. The Morgan fingerprint density at radius 3 is 2.63 bits per heavy atom. The molecule has 0 aliphatic carbocycles. The first-order valence-corrected chi connectivity index (χ1v) is 7.16. The smallest absolute Gasteiger partial charge is 0.258 e. The molecule has 0 atom stereocenters. The van der Waals surface area contributed by atoms with Crippen molar-refractivity contribution in [3.63, 3.8) is 0 Å². The highest BCUT2D eigenvalue weighted by Gasteiger charge is 2.36. The number of nitrogens with one attached hydrogen (secondary N) is 1. The van der Waals surface area contributed by atoms with Gasteiger partial charge in [-0.1, -0.05) is 19.0 Å². The lowest BCUT2D eigenvalue weighted by atomic mass is 9.92. The number of likely N-dealkylation sites (N-methyl/N-ethyl adjacent to an activating group) is 1. The number of rotatable bonds is 6. The van der Waals surface area contributed by atoms with Crippen molar-refractivity contribution in [3.05, 3.63) is 11.7 Å². The van der Waals surface area contributed by atoms with Crippen molar-refractivity contribution in [3.8, 4) is 0 Å². The van der Waals surface area contributed by atoms with Crippen LogP contribution in [-0.4, -0.2) is 52.9 Å². The minimum atomic E-state index is -0.939. The standard InChI is InChI=1S/C13H24N4O2/c1-3-17(4-2)10-5-11-15-12(19-16-11)13(18)6-8-14-9-7-13/h14,18H,3-10H2,1-2H3. The fourth-order valence-electron chi connectivity index (χ4n) is 2.40. The fourth-order valence-corrected chi connectivity index (χ4v) is 2.40. The Morgan fingerprint density at radius 1 is 1.32 bits per heavy atom. The van der Waals surface area contributed by atoms with Crippen LogP contribution in [0.5, 0.6) is 0 Å². The molecule has 19 heavy (non-hydrogen) atoms. The van der Waals surface area contributed by atoms with Crippen LogP contribution >= 0.6 is 0 Å². The van der Waals surface area contributed by atoms with Crippen molar-refractivity contribution in [2.24, 2.45) is 0 Å². The van der Waals surface area contributed by atoms with E-state index in [9.17, 15) is 5.11 Å². The summed E-state index contributed by atoms with van der Waals surface area (Å²) in [6, 6.07) is 0. The molecule has 0 saturated carbocycles. The van der Waals surface area contributed by atoms with Gasteiger partial charge in [0.25, 0.3) is 5.89 Å². The third-order valence-corrected chi connectivity index (χ3v) is 3.84. The van der Waals surface area contributed by atoms with Crippen molar-refractivity contribution in [1.82, 2.24) is 20.4 Å². The van der Waals surface area contributed by atoms with Gasteiger partial charge in [-0.25, -0.2) is 0 Å². The lowest BCUT2D eigenvalue weighted by Gasteiger charge is -2.28. The van der Waals surface area contributed by atoms with Gasteiger partial charge in [0.05, 0.1) is 0 Å². The fraction of sp³-hybridized carbons (Fsp3) is 0.846. The van der Waals surface area contributed by atoms with Gasteiger partial charge in [-0.05, 0) is 39.0 Å². The minimum absolute atomic E-state index is 0.378. The maximum Gasteiger partial charge on any atom is 0.258 e. The van der Waals surface area contributed by atoms with Crippen LogP contribution in [-0.2, 0) is 12.0 Å². The predicted molar refractivity (Wildman–Crippen MR) is 71.8 cm³/mol. The van der Waals surface area contributed by atoms with E-state index in [-0.39, 0.29) is 0 Å². The molecule has 0 radical (unpaired) electrons. The molecular weight excluding hydrogens is 244 g/mol. The van der Waals surface area contributed by atoms with E-state index in [0.29, 0.717) is 24.6 Å². The van der Waals surface area contributed by atoms with Gasteiger partial charge in [-0.3, -0.25) is 0 Å². The topological polar surface area (TPSA) is 74.4 Å². The van der Waals surface area contributed by atoms with Gasteiger partial charge in [0.15, 0.2) is 5.82 Å². The summed E-state index contributed by atoms with van der Waals surface area (Å²) in [6.45, 7) is 8.83. The van der Waals surface area contributed by atoms with Crippen LogP contribution in [0.3, 0.4) is 0 Å². The van der Waals surface area contributed by atoms with Crippen LogP contribution in [0.1, 0.15) is 38.4 Å². The van der Waals surface area contributed by atoms with Crippen LogP contribution < -0.4 is 5.32 Å². The summed E-state index contributed by atoms with van der Waals surface area (Å²) in [5.41, 5.74) is -0.939. The second-order valence-corrected chi connectivity index (χ2v) is 5.07. The number of hydrogen-bond donors (Lipinski definition) is 2. The molecule has 1 saturated heterocycles. The zero-order valence-electron chi connectivity index (χ0n) is 11.9. The van der Waals surface area contributed by atoms with Crippen LogP contribution in [0.15, 0.2) is 4.52 Å². The normalized spacial score (nSPS) is 18.9. The van der Waals surface area contributed by atoms with E-state index in [1.165, 1.54) is 0 Å². The molecule has 108 valence electrons. The summed E-state index contributed by atoms with van der Waals surface area (Å²) in [6.07, 6.45) is 2.02. The monoisotopic (exact) mass is 268 g/mol. The molecule has 1 fully saturated rings. The van der Waals surface area contributed by atoms with E-state index < -0.39 is 5.60 Å². The zero-order valence-corrected chi connectivity index (χ0v) is 11.9. The van der Waals surface area contributed by atoms with Gasteiger partial charge >= 0.3 is 0 Å². The first kappa shape index (κ1) is 14.4. The molecule has 6 heteroatoms. The van der Waals surface area contributed by atoms with Crippen molar-refractivity contribution in [1.29, 1.82) is 0 Å². The Kier molecular flexibility index (Phi) is 4.90. The third-order valence-electron chi connectivity index (χ3n) is 3.84. The van der Waals surface area contributed by atoms with Gasteiger partial charge < -0.3 is 19.8 Å². The maximum absolute atomic E-state index is 10.5. The van der Waals surface area contributed by atoms with Crippen molar-refractivity contribution in [2.75, 3.05) is 32.7 Å². The summed E-state index contributed by atoms with van der Waals surface area (Å²) in [5, 5.41) is 17.7. The molecule has 0 aromatic carbocycles. The highest BCUT2D eigenvalue weighted by atomic mass is 16.5. The number of aliphatic hydroxyl groups is 1. The van der Waals surface area contributed by atoms with Crippen LogP contribution in [0.2, 0.25) is 0 Å². The van der Waals surface area contributed by atoms with E-state index in [4.69, 9.17) is 4.52 Å². The van der Waals surface area contributed by atoms with E-state index in [1.807, 2.05) is 0 Å². The number of piperidine rings is 1. The summed E-state index contributed by atoms with van der Waals surface area (Å²) in [7, 11) is 0. The van der Waals surface area contributed by atoms with Crippen LogP contribution in [0.25, 0.3) is 0 Å². The second-order valence-electron chi connectivity index (χ2n) is 5.07. The SMILES string of the molecule is CCN(CC)CCc1noc(C2(O)CCNCC2)n1. The lowest BCUT2D eigenvalue weighted by Crippen LogP contribution is -2.40. The molecular formula is C13H24N4O2. The lowest BCUT2D eigenvalue weighted by molar-refractivity contribution is -0.0228. The van der Waals surface area contributed by atoms with E-state index in [2.05, 4.69) is 34.2 Å². The molecule has 1 aromatic heterocycles. The Bertz CT molecular complexity index is 384. The largest absolute Gasteiger partial charge is 0.380 e. The maximum atomic E-state index is 10.5. The summed E-state index contributed by atoms with van der Waals surface area (Å²) in [5.74, 6) is 1.07. The van der Waals surface area contributed by atoms with Crippen molar-refractivity contribution >= 4 is 0 Å². The molecule has 1 aliphatic heterocycles. The average molecular weight is 268 g/mol. The molecule has 0 unspecified atom stereocenters. The molecule has 0 amide bonds. The van der Waals surface area contributed by atoms with E-state index in [1.54, 1.807) is 0 Å². The van der Waals surface area contributed by atoms with Gasteiger partial charge in [0.1, 0.15) is 5.60 Å². The van der Waals surface area contributed by atoms with Crippen molar-refractivity contribution in [2.45, 2.75) is 38.7 Å². The number of hydrogen-bond acceptors (Lipinski definition) is 6. The Hall–Kier alpha value is -0.980. The summed E-state index contributed by atoms with van der Waals surface area (Å²) >= 11 is 0. The minimum Gasteiger partial charge on any atom is -0.380 e. The van der Waals surface area contributed by atoms with E-state index >= 15 is 0 Å². The van der Waals surface area contributed by atoms with Gasteiger partial charge in [-0.15, -0.1) is 0 Å². The van der Waals surface area contributed by atoms with Gasteiger partial charge in [0, 0.05) is 13.0 Å². The molecule has 1 aromatic rings. The Morgan fingerprint density at radius 2 is 2.00 bits per heavy atom. The first-order chi connectivity index (χ1) is 9.18. The molecule has 2 N–H and O–H groups in total. The predicted octanol–water partition coefficient (Wildman–Crippen LogP) is 0.525. The summed E-state index contributed by atoms with van der Waals surface area (Å²) in [4.78, 5) is 6.68. The Balaban J connectivity index is 1.94. The highest BCUT2D eigenvalue weighted by Crippen LogP contribution is 2.28. The van der Waals surface area contributed by atoms with Gasteiger partial charge in [0.2, 0.25) is 0 Å². The van der Waals surface area contributed by atoms with Gasteiger partial charge in [-0.2, -0.15) is 4.98 Å². The number of aromatic nitrogens is 2. The number of nitrogens with zero attached hydrogens (tertiary/aromatic N) is 3. The molecule has 1 aliphatic rings. The molecule has 6 nitrogen and oxygen atoms in total. The molecule has 2 rings (SSSR count). The highest BCUT2D eigenvalue weighted by molar-refractivity contribution is 5.01. The van der Waals surface area contributed by atoms with Crippen LogP contribution in [0.4, 0.5) is 0 Å². The summed E-state index contributed by atoms with van der Waals surface area (Å²) < 4.78 is 5.25. The molecule has 0 bridgehead atoms. The quantitative estimate of drug-likeness (QED) is 0.784. The van der Waals surface area contributed by atoms with Crippen molar-refractivity contribution < 1.29 is 9.63 Å². The Labute approximate surface area is 114 Å². The van der Waals surface area contributed by atoms with E-state index in [0.717, 1.165) is 39.1 Å². The first-order valence-electron chi connectivity index (χ1n) is 7.16. The second kappa shape index (κ2) is 6.45.